The summed E-state index contributed by atoms with van der Waals surface area (Å²) in [5.74, 6) is 1.00. The molecule has 0 atom stereocenters. The molecule has 1 amide bonds. The van der Waals surface area contributed by atoms with Gasteiger partial charge in [-0.1, -0.05) is 5.16 Å². The highest BCUT2D eigenvalue weighted by molar-refractivity contribution is 5.83. The number of hydrogen-bond acceptors (Lipinski definition) is 4. The van der Waals surface area contributed by atoms with Gasteiger partial charge in [0.15, 0.2) is 5.82 Å². The van der Waals surface area contributed by atoms with E-state index in [1.807, 2.05) is 0 Å². The van der Waals surface area contributed by atoms with Gasteiger partial charge in [0.1, 0.15) is 5.76 Å². The Kier molecular flexibility index (Phi) is 2.89. The fourth-order valence-electron chi connectivity index (χ4n) is 0.773. The summed E-state index contributed by atoms with van der Waals surface area (Å²) in [5.41, 5.74) is 0. The molecule has 1 N–H and O–H groups in total. The number of aromatic nitrogens is 1. The fraction of sp³-hybridized carbons (Fsp3) is 0.500. The first-order chi connectivity index (χ1) is 6.08. The topological polar surface area (TPSA) is 64.4 Å². The van der Waals surface area contributed by atoms with E-state index < -0.39 is 6.09 Å². The Bertz CT molecular complexity index is 293. The number of amides is 1. The van der Waals surface area contributed by atoms with Crippen LogP contribution in [0, 0.1) is 6.92 Å². The summed E-state index contributed by atoms with van der Waals surface area (Å²) in [5, 5.41) is 6.00. The molecule has 0 saturated heterocycles. The maximum absolute atomic E-state index is 11.0. The monoisotopic (exact) mass is 184 g/mol. The van der Waals surface area contributed by atoms with Gasteiger partial charge >= 0.3 is 6.09 Å². The molecule has 1 aromatic heterocycles. The van der Waals surface area contributed by atoms with Crippen molar-refractivity contribution in [2.24, 2.45) is 0 Å². The van der Waals surface area contributed by atoms with Crippen LogP contribution < -0.4 is 5.32 Å². The molecule has 5 nitrogen and oxygen atoms in total. The minimum atomic E-state index is -0.525. The Labute approximate surface area is 76.0 Å². The third-order valence-electron chi connectivity index (χ3n) is 1.20. The zero-order valence-corrected chi connectivity index (χ0v) is 7.83. The predicted molar refractivity (Wildman–Crippen MR) is 46.5 cm³/mol. The Morgan fingerprint density at radius 3 is 2.85 bits per heavy atom. The molecule has 1 rings (SSSR count). The molecule has 0 radical (unpaired) electrons. The largest absolute Gasteiger partial charge is 0.447 e. The van der Waals surface area contributed by atoms with Crippen LogP contribution >= 0.6 is 0 Å². The summed E-state index contributed by atoms with van der Waals surface area (Å²) in [7, 11) is 0. The molecule has 0 spiro atoms. The van der Waals surface area contributed by atoms with Gasteiger partial charge in [-0.05, 0) is 20.8 Å². The molecule has 0 aliphatic heterocycles. The Balaban J connectivity index is 2.45. The standard InChI is InChI=1S/C8H12N2O3/c1-5(2)12-8(11)9-7-4-6(3)13-10-7/h4-5H,1-3H3,(H,9,10,11). The summed E-state index contributed by atoms with van der Waals surface area (Å²) in [6, 6.07) is 1.61. The number of hydrogen-bond donors (Lipinski definition) is 1. The van der Waals surface area contributed by atoms with Crippen molar-refractivity contribution in [1.29, 1.82) is 0 Å². The molecule has 0 aliphatic rings. The summed E-state index contributed by atoms with van der Waals surface area (Å²) < 4.78 is 9.58. The predicted octanol–water partition coefficient (Wildman–Crippen LogP) is 1.94. The summed E-state index contributed by atoms with van der Waals surface area (Å²) >= 11 is 0. The van der Waals surface area contributed by atoms with Crippen LogP contribution in [0.3, 0.4) is 0 Å². The van der Waals surface area contributed by atoms with Crippen LogP contribution in [0.15, 0.2) is 10.6 Å². The maximum Gasteiger partial charge on any atom is 0.413 e. The van der Waals surface area contributed by atoms with Crippen LogP contribution in [0.25, 0.3) is 0 Å². The molecular weight excluding hydrogens is 172 g/mol. The SMILES string of the molecule is Cc1cc(NC(=O)OC(C)C)no1. The van der Waals surface area contributed by atoms with E-state index in [-0.39, 0.29) is 6.10 Å². The van der Waals surface area contributed by atoms with Gasteiger partial charge in [0.2, 0.25) is 0 Å². The average Bonchev–Trinajstić information content (AvgIpc) is 2.33. The number of carbonyl (C=O) groups is 1. The number of rotatable bonds is 2. The van der Waals surface area contributed by atoms with Crippen LogP contribution in [-0.4, -0.2) is 17.4 Å². The smallest absolute Gasteiger partial charge is 0.413 e. The number of carbonyl (C=O) groups excluding carboxylic acids is 1. The van der Waals surface area contributed by atoms with Crippen molar-refractivity contribution >= 4 is 11.9 Å². The molecule has 5 heteroatoms. The third kappa shape index (κ3) is 3.14. The summed E-state index contributed by atoms with van der Waals surface area (Å²) in [6.45, 7) is 5.28. The van der Waals surface area contributed by atoms with E-state index in [4.69, 9.17) is 9.26 Å². The molecule has 13 heavy (non-hydrogen) atoms. The first-order valence-corrected chi connectivity index (χ1v) is 3.99. The molecular formula is C8H12N2O3. The van der Waals surface area contributed by atoms with Crippen LogP contribution in [0.4, 0.5) is 10.6 Å². The Morgan fingerprint density at radius 2 is 2.38 bits per heavy atom. The molecule has 72 valence electrons. The number of nitrogens with zero attached hydrogens (tertiary/aromatic N) is 1. The average molecular weight is 184 g/mol. The number of anilines is 1. The van der Waals surface area contributed by atoms with E-state index in [1.54, 1.807) is 26.8 Å². The van der Waals surface area contributed by atoms with E-state index >= 15 is 0 Å². The molecule has 1 heterocycles. The number of aryl methyl sites for hydroxylation is 1. The van der Waals surface area contributed by atoms with Crippen molar-refractivity contribution in [3.8, 4) is 0 Å². The van der Waals surface area contributed by atoms with E-state index in [0.717, 1.165) is 0 Å². The minimum Gasteiger partial charge on any atom is -0.447 e. The van der Waals surface area contributed by atoms with E-state index in [9.17, 15) is 4.79 Å². The highest BCUT2D eigenvalue weighted by Gasteiger charge is 2.07. The van der Waals surface area contributed by atoms with E-state index in [0.29, 0.717) is 11.6 Å². The second kappa shape index (κ2) is 3.93. The molecule has 0 aromatic carbocycles. The lowest BCUT2D eigenvalue weighted by atomic mass is 10.5. The second-order valence-electron chi connectivity index (χ2n) is 2.90. The fourth-order valence-corrected chi connectivity index (χ4v) is 0.773. The van der Waals surface area contributed by atoms with Crippen molar-refractivity contribution < 1.29 is 14.1 Å². The highest BCUT2D eigenvalue weighted by Crippen LogP contribution is 2.07. The molecule has 0 unspecified atom stereocenters. The Morgan fingerprint density at radius 1 is 1.69 bits per heavy atom. The van der Waals surface area contributed by atoms with Crippen LogP contribution in [0.5, 0.6) is 0 Å². The molecule has 0 bridgehead atoms. The zero-order chi connectivity index (χ0) is 9.84. The summed E-state index contributed by atoms with van der Waals surface area (Å²) in [6.07, 6.45) is -0.670. The van der Waals surface area contributed by atoms with Crippen LogP contribution in [0.1, 0.15) is 19.6 Å². The zero-order valence-electron chi connectivity index (χ0n) is 7.83. The quantitative estimate of drug-likeness (QED) is 0.762. The summed E-state index contributed by atoms with van der Waals surface area (Å²) in [4.78, 5) is 11.0. The van der Waals surface area contributed by atoms with Gasteiger partial charge in [-0.25, -0.2) is 4.79 Å². The van der Waals surface area contributed by atoms with Crippen molar-refractivity contribution in [2.45, 2.75) is 26.9 Å². The van der Waals surface area contributed by atoms with Crippen molar-refractivity contribution in [1.82, 2.24) is 5.16 Å². The highest BCUT2D eigenvalue weighted by atomic mass is 16.6. The van der Waals surface area contributed by atoms with Crippen LogP contribution in [-0.2, 0) is 4.74 Å². The Hall–Kier alpha value is -1.52. The number of nitrogens with one attached hydrogen (secondary N) is 1. The normalized spacial score (nSPS) is 10.2. The van der Waals surface area contributed by atoms with Gasteiger partial charge in [-0.2, -0.15) is 0 Å². The lowest BCUT2D eigenvalue weighted by molar-refractivity contribution is 0.129. The van der Waals surface area contributed by atoms with Crippen molar-refractivity contribution in [2.75, 3.05) is 5.32 Å². The number of ether oxygens (including phenoxy) is 1. The van der Waals surface area contributed by atoms with Gasteiger partial charge < -0.3 is 9.26 Å². The lowest BCUT2D eigenvalue weighted by Crippen LogP contribution is -2.18. The van der Waals surface area contributed by atoms with Gasteiger partial charge in [0.05, 0.1) is 6.10 Å². The van der Waals surface area contributed by atoms with Crippen LogP contribution in [0.2, 0.25) is 0 Å². The van der Waals surface area contributed by atoms with Crippen molar-refractivity contribution in [3.05, 3.63) is 11.8 Å². The van der Waals surface area contributed by atoms with Gasteiger partial charge in [-0.3, -0.25) is 5.32 Å². The van der Waals surface area contributed by atoms with Gasteiger partial charge in [-0.15, -0.1) is 0 Å². The third-order valence-corrected chi connectivity index (χ3v) is 1.20. The van der Waals surface area contributed by atoms with E-state index in [1.165, 1.54) is 0 Å². The minimum absolute atomic E-state index is 0.145. The second-order valence-corrected chi connectivity index (χ2v) is 2.90. The maximum atomic E-state index is 11.0. The lowest BCUT2D eigenvalue weighted by Gasteiger charge is -2.06. The first-order valence-electron chi connectivity index (χ1n) is 3.99. The van der Waals surface area contributed by atoms with Gasteiger partial charge in [0, 0.05) is 6.07 Å². The molecule has 0 fully saturated rings. The molecule has 0 aliphatic carbocycles. The van der Waals surface area contributed by atoms with E-state index in [2.05, 4.69) is 10.5 Å². The molecule has 0 saturated carbocycles. The van der Waals surface area contributed by atoms with Gasteiger partial charge in [0.25, 0.3) is 0 Å². The van der Waals surface area contributed by atoms with Crippen molar-refractivity contribution in [3.63, 3.8) is 0 Å². The first kappa shape index (κ1) is 9.57. The molecule has 1 aromatic rings.